The molecular formula is C24H28F3N3O4S. The average Bonchev–Trinajstić information content (AvgIpc) is 3.52. The number of methoxy groups -OCH3 is 1. The molecule has 2 aromatic rings. The van der Waals surface area contributed by atoms with E-state index in [1.54, 1.807) is 0 Å². The number of likely N-dealkylation sites (tertiary alicyclic amines) is 1. The lowest BCUT2D eigenvalue weighted by molar-refractivity contribution is -0.123. The van der Waals surface area contributed by atoms with Gasteiger partial charge in [-0.05, 0) is 30.4 Å². The maximum Gasteiger partial charge on any atom is 0.405 e. The molecule has 1 aliphatic heterocycles. The van der Waals surface area contributed by atoms with Crippen molar-refractivity contribution in [1.82, 2.24) is 14.9 Å². The van der Waals surface area contributed by atoms with E-state index in [-0.39, 0.29) is 13.0 Å². The summed E-state index contributed by atoms with van der Waals surface area (Å²) in [6, 6.07) is 12.9. The molecule has 1 aliphatic carbocycles. The quantitative estimate of drug-likeness (QED) is 0.595. The Bertz CT molecular complexity index is 1180. The van der Waals surface area contributed by atoms with Crippen LogP contribution in [0.25, 0.3) is 11.1 Å². The highest BCUT2D eigenvalue weighted by Crippen LogP contribution is 2.55. The second-order valence-corrected chi connectivity index (χ2v) is 11.0. The molecule has 11 heteroatoms. The number of ether oxygens (including phenoxy) is 1. The van der Waals surface area contributed by atoms with Crippen LogP contribution in [-0.4, -0.2) is 64.1 Å². The van der Waals surface area contributed by atoms with Crippen LogP contribution in [0.4, 0.5) is 18.0 Å². The van der Waals surface area contributed by atoms with Gasteiger partial charge in [0, 0.05) is 23.6 Å². The number of carbonyl (C=O) groups excluding carboxylic acids is 1. The molecule has 1 saturated carbocycles. The van der Waals surface area contributed by atoms with Crippen molar-refractivity contribution in [3.05, 3.63) is 54.1 Å². The largest absolute Gasteiger partial charge is 0.496 e. The summed E-state index contributed by atoms with van der Waals surface area (Å²) in [4.78, 5) is 14.2. The molecule has 2 atom stereocenters. The van der Waals surface area contributed by atoms with Gasteiger partial charge in [0.05, 0.1) is 19.4 Å². The molecule has 190 valence electrons. The number of halogens is 3. The number of urea groups is 1. The molecule has 7 nitrogen and oxygen atoms in total. The summed E-state index contributed by atoms with van der Waals surface area (Å²) in [5, 5.41) is 1.95. The Hall–Kier alpha value is -2.79. The van der Waals surface area contributed by atoms with E-state index in [9.17, 15) is 26.4 Å². The molecule has 0 bridgehead atoms. The fourth-order valence-corrected chi connectivity index (χ4v) is 5.86. The van der Waals surface area contributed by atoms with Crippen molar-refractivity contribution in [2.24, 2.45) is 5.41 Å². The number of benzene rings is 2. The molecule has 2 aliphatic rings. The number of sulfonamides is 1. The van der Waals surface area contributed by atoms with Gasteiger partial charge in [0.1, 0.15) is 12.3 Å². The maximum absolute atomic E-state index is 12.9. The molecule has 2 N–H and O–H groups in total. The minimum Gasteiger partial charge on any atom is -0.496 e. The van der Waals surface area contributed by atoms with Crippen molar-refractivity contribution in [2.75, 3.05) is 26.5 Å². The number of nitrogens with one attached hydrogen (secondary N) is 2. The molecule has 2 aromatic carbocycles. The first-order chi connectivity index (χ1) is 16.4. The Kier molecular flexibility index (Phi) is 6.76. The smallest absolute Gasteiger partial charge is 0.405 e. The van der Waals surface area contributed by atoms with Crippen LogP contribution in [0.2, 0.25) is 0 Å². The first-order valence-electron chi connectivity index (χ1n) is 11.2. The number of alkyl halides is 3. The zero-order valence-corrected chi connectivity index (χ0v) is 20.2. The molecule has 1 saturated heterocycles. The van der Waals surface area contributed by atoms with Crippen LogP contribution in [0.5, 0.6) is 5.75 Å². The Morgan fingerprint density at radius 1 is 1.14 bits per heavy atom. The van der Waals surface area contributed by atoms with Crippen LogP contribution in [0.1, 0.15) is 18.4 Å². The summed E-state index contributed by atoms with van der Waals surface area (Å²) in [7, 11) is -2.10. The van der Waals surface area contributed by atoms with Gasteiger partial charge in [-0.1, -0.05) is 48.5 Å². The monoisotopic (exact) mass is 511 g/mol. The average molecular weight is 512 g/mol. The van der Waals surface area contributed by atoms with Gasteiger partial charge >= 0.3 is 12.2 Å². The van der Waals surface area contributed by atoms with Crippen LogP contribution in [-0.2, 0) is 16.4 Å². The van der Waals surface area contributed by atoms with Gasteiger partial charge in [-0.2, -0.15) is 13.2 Å². The summed E-state index contributed by atoms with van der Waals surface area (Å²) in [6.07, 6.45) is -1.94. The Morgan fingerprint density at radius 2 is 1.83 bits per heavy atom. The van der Waals surface area contributed by atoms with E-state index in [1.165, 1.54) is 12.0 Å². The first-order valence-corrected chi connectivity index (χ1v) is 13.1. The van der Waals surface area contributed by atoms with Gasteiger partial charge in [0.15, 0.2) is 0 Å². The molecule has 0 radical (unpaired) electrons. The Morgan fingerprint density at radius 3 is 2.40 bits per heavy atom. The van der Waals surface area contributed by atoms with E-state index in [1.807, 2.05) is 53.8 Å². The number of amides is 2. The van der Waals surface area contributed by atoms with E-state index < -0.39 is 46.3 Å². The molecule has 35 heavy (non-hydrogen) atoms. The topological polar surface area (TPSA) is 87.7 Å². The minimum absolute atomic E-state index is 0.176. The first kappa shape index (κ1) is 25.3. The SMILES string of the molecule is COc1c(C[C@H]2[C@@H](NS(C)(=O)=O)C3(CC3)CN2C(=O)NCC(F)(F)F)cccc1-c1ccccc1. The third-order valence-electron chi connectivity index (χ3n) is 6.68. The molecule has 0 aromatic heterocycles. The van der Waals surface area contributed by atoms with Crippen molar-refractivity contribution < 1.29 is 31.1 Å². The van der Waals surface area contributed by atoms with E-state index in [4.69, 9.17) is 4.74 Å². The highest BCUT2D eigenvalue weighted by Gasteiger charge is 2.61. The van der Waals surface area contributed by atoms with Crippen LogP contribution < -0.4 is 14.8 Å². The van der Waals surface area contributed by atoms with Crippen LogP contribution in [0, 0.1) is 5.41 Å². The molecule has 1 heterocycles. The standard InChI is InChI=1S/C24H28F3N3O4S/c1-34-20-17(9-6-10-18(20)16-7-4-3-5-8-16)13-19-21(29-35(2,32)33)23(11-12-23)15-30(19)22(31)28-14-24(25,26)27/h3-10,19,21,29H,11-15H2,1-2H3,(H,28,31)/t19-,21+/m0/s1. The van der Waals surface area contributed by atoms with Crippen molar-refractivity contribution in [3.8, 4) is 16.9 Å². The third-order valence-corrected chi connectivity index (χ3v) is 7.36. The molecule has 1 spiro atoms. The number of hydrogen-bond donors (Lipinski definition) is 2. The number of hydrogen-bond acceptors (Lipinski definition) is 4. The Balaban J connectivity index is 1.70. The maximum atomic E-state index is 12.9. The van der Waals surface area contributed by atoms with Crippen molar-refractivity contribution in [1.29, 1.82) is 0 Å². The van der Waals surface area contributed by atoms with E-state index >= 15 is 0 Å². The third kappa shape index (κ3) is 5.72. The predicted molar refractivity (Wildman–Crippen MR) is 126 cm³/mol. The normalized spacial score (nSPS) is 21.2. The zero-order chi connectivity index (χ0) is 25.4. The molecular weight excluding hydrogens is 483 g/mol. The summed E-state index contributed by atoms with van der Waals surface area (Å²) in [5.41, 5.74) is 1.98. The summed E-state index contributed by atoms with van der Waals surface area (Å²) in [6.45, 7) is -1.28. The van der Waals surface area contributed by atoms with Gasteiger partial charge < -0.3 is 15.0 Å². The van der Waals surface area contributed by atoms with Gasteiger partial charge in [-0.25, -0.2) is 17.9 Å². The zero-order valence-electron chi connectivity index (χ0n) is 19.4. The summed E-state index contributed by atoms with van der Waals surface area (Å²) < 4.78 is 71.1. The van der Waals surface area contributed by atoms with Gasteiger partial charge in [0.2, 0.25) is 10.0 Å². The number of rotatable bonds is 7. The lowest BCUT2D eigenvalue weighted by Crippen LogP contribution is -2.52. The fraction of sp³-hybridized carbons (Fsp3) is 0.458. The molecule has 2 fully saturated rings. The highest BCUT2D eigenvalue weighted by molar-refractivity contribution is 7.88. The van der Waals surface area contributed by atoms with Gasteiger partial charge in [-0.3, -0.25) is 0 Å². The van der Waals surface area contributed by atoms with Crippen LogP contribution in [0.3, 0.4) is 0 Å². The van der Waals surface area contributed by atoms with E-state index in [0.29, 0.717) is 18.6 Å². The number of carbonyl (C=O) groups is 1. The predicted octanol–water partition coefficient (Wildman–Crippen LogP) is 3.56. The van der Waals surface area contributed by atoms with Gasteiger partial charge in [0.25, 0.3) is 0 Å². The number of para-hydroxylation sites is 1. The van der Waals surface area contributed by atoms with Crippen LogP contribution >= 0.6 is 0 Å². The lowest BCUT2D eigenvalue weighted by atomic mass is 9.91. The summed E-state index contributed by atoms with van der Waals surface area (Å²) >= 11 is 0. The molecule has 2 amide bonds. The molecule has 0 unspecified atom stereocenters. The van der Waals surface area contributed by atoms with Crippen LogP contribution in [0.15, 0.2) is 48.5 Å². The Labute approximate surface area is 202 Å². The fourth-order valence-electron chi connectivity index (χ4n) is 4.99. The second kappa shape index (κ2) is 9.34. The second-order valence-electron chi connectivity index (χ2n) is 9.27. The van der Waals surface area contributed by atoms with E-state index in [2.05, 4.69) is 4.72 Å². The van der Waals surface area contributed by atoms with Crippen molar-refractivity contribution in [2.45, 2.75) is 37.5 Å². The number of nitrogens with zero attached hydrogens (tertiary/aromatic N) is 1. The minimum atomic E-state index is -4.56. The van der Waals surface area contributed by atoms with Gasteiger partial charge in [-0.15, -0.1) is 0 Å². The highest BCUT2D eigenvalue weighted by atomic mass is 32.2. The summed E-state index contributed by atoms with van der Waals surface area (Å²) in [5.74, 6) is 0.573. The lowest BCUT2D eigenvalue weighted by Gasteiger charge is -2.30. The van der Waals surface area contributed by atoms with Crippen molar-refractivity contribution >= 4 is 16.1 Å². The van der Waals surface area contributed by atoms with Crippen molar-refractivity contribution in [3.63, 3.8) is 0 Å². The molecule has 4 rings (SSSR count). The van der Waals surface area contributed by atoms with E-state index in [0.717, 1.165) is 22.9 Å².